The molecule has 0 fully saturated rings. The lowest BCUT2D eigenvalue weighted by Crippen LogP contribution is -2.10. The molecule has 7 heteroatoms. The van der Waals surface area contributed by atoms with E-state index in [0.29, 0.717) is 5.82 Å². The van der Waals surface area contributed by atoms with Crippen molar-refractivity contribution in [1.29, 1.82) is 0 Å². The number of hydrogen-bond acceptors (Lipinski definition) is 5. The van der Waals surface area contributed by atoms with Crippen LogP contribution < -0.4 is 0 Å². The molecule has 1 heterocycles. The van der Waals surface area contributed by atoms with Crippen molar-refractivity contribution in [3.8, 4) is 11.4 Å². The maximum Gasteiger partial charge on any atom is 0.243 e. The Morgan fingerprint density at radius 3 is 2.30 bits per heavy atom. The van der Waals surface area contributed by atoms with Gasteiger partial charge in [-0.05, 0) is 11.0 Å². The van der Waals surface area contributed by atoms with E-state index in [1.807, 2.05) is 24.3 Å². The monoisotopic (exact) mass is 314 g/mol. The van der Waals surface area contributed by atoms with Gasteiger partial charge in [0.1, 0.15) is 5.75 Å². The normalized spacial score (nSPS) is 12.6. The summed E-state index contributed by atoms with van der Waals surface area (Å²) >= 11 is 0. The van der Waals surface area contributed by atoms with Gasteiger partial charge >= 0.3 is 0 Å². The quantitative estimate of drug-likeness (QED) is 0.814. The van der Waals surface area contributed by atoms with Crippen LogP contribution in [0.15, 0.2) is 28.8 Å². The molecule has 0 atom stereocenters. The molecule has 0 N–H and O–H groups in total. The van der Waals surface area contributed by atoms with Gasteiger partial charge in [0.25, 0.3) is 0 Å². The van der Waals surface area contributed by atoms with Gasteiger partial charge in [-0.2, -0.15) is 4.98 Å². The molecule has 2 rings (SSSR count). The number of benzene rings is 1. The summed E-state index contributed by atoms with van der Waals surface area (Å²) in [7, 11) is 1.44. The molecule has 2 aromatic rings. The average molecular weight is 315 g/mol. The number of hydrogen-bond donors (Lipinski definition) is 0. The maximum atomic E-state index is 10.9. The second-order valence-corrected chi connectivity index (χ2v) is 8.30. The fraction of sp³-hybridized carbons (Fsp3) is 0.385. The summed E-state index contributed by atoms with van der Waals surface area (Å²) in [6.45, 7) is 6.37. The van der Waals surface area contributed by atoms with Crippen LogP contribution in [0.3, 0.4) is 0 Å². The van der Waals surface area contributed by atoms with Crippen molar-refractivity contribution >= 4 is 19.7 Å². The molecule has 0 aliphatic carbocycles. The predicted octanol–water partition coefficient (Wildman–Crippen LogP) is 3.10. The Morgan fingerprint density at radius 2 is 1.80 bits per heavy atom. The van der Waals surface area contributed by atoms with E-state index in [9.17, 15) is 8.42 Å². The molecule has 1 aromatic heterocycles. The first kappa shape index (κ1) is 15.0. The number of nitrogens with zero attached hydrogens (tertiary/aromatic N) is 2. The molecule has 0 radical (unpaired) electrons. The summed E-state index contributed by atoms with van der Waals surface area (Å²) in [5.41, 5.74) is 2.02. The molecule has 0 amide bonds. The fourth-order valence-corrected chi connectivity index (χ4v) is 2.39. The molecular weight excluding hydrogens is 300 g/mol. The molecule has 0 spiro atoms. The zero-order valence-corrected chi connectivity index (χ0v) is 13.0. The van der Waals surface area contributed by atoms with Gasteiger partial charge in [0, 0.05) is 16.2 Å². The molecule has 0 saturated heterocycles. The van der Waals surface area contributed by atoms with Crippen LogP contribution in [0.4, 0.5) is 0 Å². The SMILES string of the molecule is CC(C)(C)c1ccc(-c2noc(CS(=O)(=O)Cl)n2)cc1. The standard InChI is InChI=1S/C13H15ClN2O3S/c1-13(2,3)10-6-4-9(5-7-10)12-15-11(19-16-12)8-20(14,17)18/h4-7H,8H2,1-3H3. The Bertz CT molecular complexity index is 700. The van der Waals surface area contributed by atoms with E-state index in [1.165, 1.54) is 5.56 Å². The van der Waals surface area contributed by atoms with E-state index in [2.05, 4.69) is 30.9 Å². The Morgan fingerprint density at radius 1 is 1.20 bits per heavy atom. The largest absolute Gasteiger partial charge is 0.338 e. The van der Waals surface area contributed by atoms with Crippen molar-refractivity contribution in [2.24, 2.45) is 0 Å². The van der Waals surface area contributed by atoms with Gasteiger partial charge in [-0.3, -0.25) is 0 Å². The van der Waals surface area contributed by atoms with E-state index in [-0.39, 0.29) is 11.3 Å². The molecule has 0 aliphatic heterocycles. The lowest BCUT2D eigenvalue weighted by Gasteiger charge is -2.18. The highest BCUT2D eigenvalue weighted by Crippen LogP contribution is 2.25. The van der Waals surface area contributed by atoms with Gasteiger partial charge in [-0.1, -0.05) is 50.2 Å². The Labute approximate surface area is 122 Å². The van der Waals surface area contributed by atoms with Crippen LogP contribution in [0, 0.1) is 0 Å². The summed E-state index contributed by atoms with van der Waals surface area (Å²) in [5, 5.41) is 3.75. The minimum absolute atomic E-state index is 0.0186. The average Bonchev–Trinajstić information content (AvgIpc) is 2.74. The second kappa shape index (κ2) is 5.18. The van der Waals surface area contributed by atoms with Crippen LogP contribution in [-0.2, 0) is 20.2 Å². The van der Waals surface area contributed by atoms with Gasteiger partial charge in [-0.15, -0.1) is 0 Å². The summed E-state index contributed by atoms with van der Waals surface area (Å²) < 4.78 is 26.7. The van der Waals surface area contributed by atoms with Gasteiger partial charge in [0.05, 0.1) is 0 Å². The molecule has 0 aliphatic rings. The highest BCUT2D eigenvalue weighted by atomic mass is 35.7. The number of rotatable bonds is 3. The molecule has 108 valence electrons. The van der Waals surface area contributed by atoms with Crippen molar-refractivity contribution in [2.75, 3.05) is 0 Å². The van der Waals surface area contributed by atoms with E-state index in [1.54, 1.807) is 0 Å². The zero-order valence-electron chi connectivity index (χ0n) is 11.4. The summed E-state index contributed by atoms with van der Waals surface area (Å²) in [4.78, 5) is 4.02. The molecular formula is C13H15ClN2O3S. The third kappa shape index (κ3) is 3.80. The highest BCUT2D eigenvalue weighted by Gasteiger charge is 2.17. The Balaban J connectivity index is 2.25. The van der Waals surface area contributed by atoms with Crippen LogP contribution in [0.25, 0.3) is 11.4 Å². The first-order chi connectivity index (χ1) is 9.15. The molecule has 20 heavy (non-hydrogen) atoms. The van der Waals surface area contributed by atoms with Crippen LogP contribution in [0.2, 0.25) is 0 Å². The van der Waals surface area contributed by atoms with E-state index >= 15 is 0 Å². The maximum absolute atomic E-state index is 10.9. The topological polar surface area (TPSA) is 73.1 Å². The molecule has 0 saturated carbocycles. The highest BCUT2D eigenvalue weighted by molar-refractivity contribution is 8.13. The third-order valence-electron chi connectivity index (χ3n) is 2.77. The van der Waals surface area contributed by atoms with Crippen molar-refractivity contribution in [1.82, 2.24) is 10.1 Å². The van der Waals surface area contributed by atoms with Crippen LogP contribution in [0.5, 0.6) is 0 Å². The summed E-state index contributed by atoms with van der Waals surface area (Å²) in [5.74, 6) is -0.141. The van der Waals surface area contributed by atoms with Crippen molar-refractivity contribution in [3.63, 3.8) is 0 Å². The zero-order chi connectivity index (χ0) is 15.0. The third-order valence-corrected chi connectivity index (χ3v) is 3.69. The number of halogens is 1. The lowest BCUT2D eigenvalue weighted by molar-refractivity contribution is 0.390. The minimum atomic E-state index is -3.70. The second-order valence-electron chi connectivity index (χ2n) is 5.52. The molecule has 5 nitrogen and oxygen atoms in total. The first-order valence-corrected chi connectivity index (χ1v) is 8.49. The Hall–Kier alpha value is -1.40. The van der Waals surface area contributed by atoms with Crippen molar-refractivity contribution in [3.05, 3.63) is 35.7 Å². The Kier molecular flexibility index (Phi) is 3.88. The van der Waals surface area contributed by atoms with E-state index in [0.717, 1.165) is 5.56 Å². The minimum Gasteiger partial charge on any atom is -0.338 e. The van der Waals surface area contributed by atoms with Gasteiger partial charge in [0.15, 0.2) is 0 Å². The summed E-state index contributed by atoms with van der Waals surface area (Å²) in [6, 6.07) is 7.74. The van der Waals surface area contributed by atoms with E-state index in [4.69, 9.17) is 15.2 Å². The smallest absolute Gasteiger partial charge is 0.243 e. The summed E-state index contributed by atoms with van der Waals surface area (Å²) in [6.07, 6.45) is 0. The van der Waals surface area contributed by atoms with Gasteiger partial charge in [0.2, 0.25) is 20.8 Å². The van der Waals surface area contributed by atoms with Gasteiger partial charge < -0.3 is 4.52 Å². The number of aromatic nitrogens is 2. The molecule has 1 aromatic carbocycles. The van der Waals surface area contributed by atoms with Crippen molar-refractivity contribution in [2.45, 2.75) is 31.9 Å². The predicted molar refractivity (Wildman–Crippen MR) is 76.9 cm³/mol. The first-order valence-electron chi connectivity index (χ1n) is 6.01. The lowest BCUT2D eigenvalue weighted by atomic mass is 9.87. The fourth-order valence-electron chi connectivity index (χ4n) is 1.70. The van der Waals surface area contributed by atoms with Crippen LogP contribution in [-0.4, -0.2) is 18.6 Å². The molecule has 0 bridgehead atoms. The molecule has 0 unspecified atom stereocenters. The van der Waals surface area contributed by atoms with Gasteiger partial charge in [-0.25, -0.2) is 8.42 Å². The van der Waals surface area contributed by atoms with Crippen LogP contribution >= 0.6 is 10.7 Å². The van der Waals surface area contributed by atoms with Crippen LogP contribution in [0.1, 0.15) is 32.2 Å². The van der Waals surface area contributed by atoms with Crippen molar-refractivity contribution < 1.29 is 12.9 Å². The van der Waals surface area contributed by atoms with E-state index < -0.39 is 14.8 Å².